The Hall–Kier alpha value is -2.30. The maximum Gasteiger partial charge on any atom is 0.292 e. The van der Waals surface area contributed by atoms with E-state index in [0.717, 1.165) is 5.39 Å². The van der Waals surface area contributed by atoms with Crippen LogP contribution in [0.4, 0.5) is 17.1 Å². The van der Waals surface area contributed by atoms with E-state index in [-0.39, 0.29) is 11.4 Å². The number of nitrogens with zero attached hydrogens (tertiary/aromatic N) is 1. The topological polar surface area (TPSA) is 95.2 Å². The van der Waals surface area contributed by atoms with E-state index in [2.05, 4.69) is 0 Å². The minimum atomic E-state index is -0.513. The Morgan fingerprint density at radius 2 is 1.87 bits per heavy atom. The Bertz CT molecular complexity index is 552. The molecule has 0 spiro atoms. The zero-order valence-corrected chi connectivity index (χ0v) is 7.81. The minimum absolute atomic E-state index is 0.111. The minimum Gasteiger partial charge on any atom is -0.398 e. The molecule has 2 rings (SSSR count). The molecule has 5 nitrogen and oxygen atoms in total. The second kappa shape index (κ2) is 3.13. The van der Waals surface area contributed by atoms with E-state index in [0.29, 0.717) is 11.1 Å². The summed E-state index contributed by atoms with van der Waals surface area (Å²) >= 11 is 0. The highest BCUT2D eigenvalue weighted by atomic mass is 16.6. The van der Waals surface area contributed by atoms with Gasteiger partial charge >= 0.3 is 0 Å². The van der Waals surface area contributed by atoms with Crippen LogP contribution < -0.4 is 11.5 Å². The zero-order chi connectivity index (χ0) is 11.0. The summed E-state index contributed by atoms with van der Waals surface area (Å²) in [6.45, 7) is 0. The van der Waals surface area contributed by atoms with Crippen molar-refractivity contribution in [2.45, 2.75) is 0 Å². The number of nitrogens with two attached hydrogens (primary N) is 2. The number of nitro benzene ring substituents is 1. The summed E-state index contributed by atoms with van der Waals surface area (Å²) in [5, 5.41) is 12.0. The van der Waals surface area contributed by atoms with Crippen molar-refractivity contribution in [2.75, 3.05) is 11.5 Å². The van der Waals surface area contributed by atoms with E-state index in [1.54, 1.807) is 18.2 Å². The third-order valence-corrected chi connectivity index (χ3v) is 2.29. The van der Waals surface area contributed by atoms with Gasteiger partial charge in [0, 0.05) is 17.1 Å². The Balaban J connectivity index is 2.89. The number of benzene rings is 2. The summed E-state index contributed by atoms with van der Waals surface area (Å²) in [6.07, 6.45) is 0. The van der Waals surface area contributed by atoms with Gasteiger partial charge in [-0.1, -0.05) is 12.1 Å². The molecule has 0 aliphatic heterocycles. The first-order valence-corrected chi connectivity index (χ1v) is 4.32. The fourth-order valence-electron chi connectivity index (χ4n) is 1.58. The molecule has 0 saturated heterocycles. The van der Waals surface area contributed by atoms with E-state index in [9.17, 15) is 10.1 Å². The third-order valence-electron chi connectivity index (χ3n) is 2.29. The molecule has 0 unspecified atom stereocenters. The summed E-state index contributed by atoms with van der Waals surface area (Å²) in [5.41, 5.74) is 11.9. The molecule has 0 fully saturated rings. The Kier molecular flexibility index (Phi) is 1.93. The number of fused-ring (bicyclic) bond motifs is 1. The van der Waals surface area contributed by atoms with Crippen LogP contribution in [0.25, 0.3) is 10.8 Å². The predicted octanol–water partition coefficient (Wildman–Crippen LogP) is 1.91. The lowest BCUT2D eigenvalue weighted by Crippen LogP contribution is -1.98. The maximum absolute atomic E-state index is 10.7. The Morgan fingerprint density at radius 3 is 2.53 bits per heavy atom. The van der Waals surface area contributed by atoms with Crippen LogP contribution in [0.1, 0.15) is 0 Å². The lowest BCUT2D eigenvalue weighted by Gasteiger charge is -2.05. The Labute approximate surface area is 85.4 Å². The molecule has 5 heteroatoms. The van der Waals surface area contributed by atoms with E-state index in [1.165, 1.54) is 6.07 Å². The summed E-state index contributed by atoms with van der Waals surface area (Å²) in [5.74, 6) is 0. The van der Waals surface area contributed by atoms with Gasteiger partial charge in [-0.05, 0) is 17.5 Å². The highest BCUT2D eigenvalue weighted by molar-refractivity contribution is 6.04. The maximum atomic E-state index is 10.7. The molecule has 15 heavy (non-hydrogen) atoms. The van der Waals surface area contributed by atoms with Crippen LogP contribution in [-0.4, -0.2) is 4.92 Å². The van der Waals surface area contributed by atoms with Gasteiger partial charge in [0.05, 0.1) is 4.92 Å². The summed E-state index contributed by atoms with van der Waals surface area (Å²) in [6, 6.07) is 8.29. The molecule has 0 radical (unpaired) electrons. The quantitative estimate of drug-likeness (QED) is 0.420. The molecular weight excluding hydrogens is 194 g/mol. The first-order chi connectivity index (χ1) is 7.11. The van der Waals surface area contributed by atoms with E-state index in [4.69, 9.17) is 11.5 Å². The van der Waals surface area contributed by atoms with Crippen LogP contribution >= 0.6 is 0 Å². The number of hydrogen-bond donors (Lipinski definition) is 2. The largest absolute Gasteiger partial charge is 0.398 e. The number of nitro groups is 1. The molecule has 0 amide bonds. The second-order valence-electron chi connectivity index (χ2n) is 3.20. The van der Waals surface area contributed by atoms with Gasteiger partial charge in [-0.25, -0.2) is 0 Å². The SMILES string of the molecule is Nc1cccc2ccc([N+](=O)[O-])c(N)c12. The summed E-state index contributed by atoms with van der Waals surface area (Å²) in [7, 11) is 0. The first kappa shape index (κ1) is 9.26. The average molecular weight is 203 g/mol. The molecular formula is C10H9N3O2. The van der Waals surface area contributed by atoms with Crippen molar-refractivity contribution in [3.05, 3.63) is 40.4 Å². The van der Waals surface area contributed by atoms with Gasteiger partial charge in [0.15, 0.2) is 0 Å². The molecule has 0 aromatic heterocycles. The number of hydrogen-bond acceptors (Lipinski definition) is 4. The summed E-state index contributed by atoms with van der Waals surface area (Å²) < 4.78 is 0. The van der Waals surface area contributed by atoms with Gasteiger partial charge in [-0.15, -0.1) is 0 Å². The second-order valence-corrected chi connectivity index (χ2v) is 3.20. The van der Waals surface area contributed by atoms with E-state index < -0.39 is 4.92 Å². The van der Waals surface area contributed by atoms with Gasteiger partial charge < -0.3 is 11.5 Å². The average Bonchev–Trinajstić information content (AvgIpc) is 2.17. The van der Waals surface area contributed by atoms with Gasteiger partial charge in [0.25, 0.3) is 5.69 Å². The zero-order valence-electron chi connectivity index (χ0n) is 7.81. The smallest absolute Gasteiger partial charge is 0.292 e. The van der Waals surface area contributed by atoms with Crippen molar-refractivity contribution in [1.82, 2.24) is 0 Å². The fraction of sp³-hybridized carbons (Fsp3) is 0. The molecule has 2 aromatic carbocycles. The van der Waals surface area contributed by atoms with Crippen molar-refractivity contribution < 1.29 is 4.92 Å². The van der Waals surface area contributed by atoms with Crippen LogP contribution in [0.2, 0.25) is 0 Å². The first-order valence-electron chi connectivity index (χ1n) is 4.32. The standard InChI is InChI=1S/C10H9N3O2/c11-7-3-1-2-6-4-5-8(13(14)15)10(12)9(6)7/h1-5H,11-12H2. The van der Waals surface area contributed by atoms with Crippen LogP contribution in [0.5, 0.6) is 0 Å². The molecule has 0 aliphatic rings. The van der Waals surface area contributed by atoms with Gasteiger partial charge in [0.2, 0.25) is 0 Å². The lowest BCUT2D eigenvalue weighted by molar-refractivity contribution is -0.383. The van der Waals surface area contributed by atoms with Crippen molar-refractivity contribution in [1.29, 1.82) is 0 Å². The molecule has 0 aliphatic carbocycles. The third kappa shape index (κ3) is 1.34. The molecule has 4 N–H and O–H groups in total. The highest BCUT2D eigenvalue weighted by Gasteiger charge is 2.14. The van der Waals surface area contributed by atoms with Gasteiger partial charge in [0.1, 0.15) is 5.69 Å². The van der Waals surface area contributed by atoms with Crippen LogP contribution in [-0.2, 0) is 0 Å². The van der Waals surface area contributed by atoms with Gasteiger partial charge in [-0.3, -0.25) is 10.1 Å². The molecule has 0 bridgehead atoms. The van der Waals surface area contributed by atoms with Gasteiger partial charge in [-0.2, -0.15) is 0 Å². The van der Waals surface area contributed by atoms with Crippen molar-refractivity contribution in [3.63, 3.8) is 0 Å². The predicted molar refractivity (Wildman–Crippen MR) is 59.4 cm³/mol. The van der Waals surface area contributed by atoms with Crippen LogP contribution in [0, 0.1) is 10.1 Å². The molecule has 0 atom stereocenters. The number of rotatable bonds is 1. The highest BCUT2D eigenvalue weighted by Crippen LogP contribution is 2.33. The number of nitrogen functional groups attached to an aromatic ring is 2. The molecule has 0 heterocycles. The molecule has 2 aromatic rings. The monoisotopic (exact) mass is 203 g/mol. The van der Waals surface area contributed by atoms with Crippen molar-refractivity contribution in [3.8, 4) is 0 Å². The van der Waals surface area contributed by atoms with E-state index >= 15 is 0 Å². The fourth-order valence-corrected chi connectivity index (χ4v) is 1.58. The van der Waals surface area contributed by atoms with Crippen LogP contribution in [0.3, 0.4) is 0 Å². The molecule has 76 valence electrons. The summed E-state index contributed by atoms with van der Waals surface area (Å²) in [4.78, 5) is 10.1. The number of anilines is 2. The lowest BCUT2D eigenvalue weighted by atomic mass is 10.1. The normalized spacial score (nSPS) is 10.4. The Morgan fingerprint density at radius 1 is 1.13 bits per heavy atom. The molecule has 0 saturated carbocycles. The van der Waals surface area contributed by atoms with Crippen LogP contribution in [0.15, 0.2) is 30.3 Å². The van der Waals surface area contributed by atoms with Crippen molar-refractivity contribution in [2.24, 2.45) is 0 Å². The van der Waals surface area contributed by atoms with Crippen molar-refractivity contribution >= 4 is 27.8 Å². The van der Waals surface area contributed by atoms with E-state index in [1.807, 2.05) is 6.07 Å².